The smallest absolute Gasteiger partial charge is 0.364 e. The number of esters is 1. The standard InChI is InChI=1S/C23H14N2O2/c26-23-20(14-21(27-23)15-8-2-1-3-9-15)24-25-22-18-12-6-4-10-16(18)17-11-5-7-13-19(17)22/h1-14H/b24-20+. The van der Waals surface area contributed by atoms with E-state index >= 15 is 0 Å². The van der Waals surface area contributed by atoms with E-state index in [4.69, 9.17) is 4.74 Å². The molecule has 3 aromatic carbocycles. The highest BCUT2D eigenvalue weighted by Gasteiger charge is 2.26. The molecule has 0 atom stereocenters. The van der Waals surface area contributed by atoms with E-state index in [0.717, 1.165) is 33.5 Å². The lowest BCUT2D eigenvalue weighted by Crippen LogP contribution is -2.07. The summed E-state index contributed by atoms with van der Waals surface area (Å²) in [4.78, 5) is 12.2. The first kappa shape index (κ1) is 15.5. The molecular formula is C23H14N2O2. The predicted molar refractivity (Wildman–Crippen MR) is 105 cm³/mol. The van der Waals surface area contributed by atoms with Crippen molar-refractivity contribution in [2.24, 2.45) is 10.2 Å². The van der Waals surface area contributed by atoms with Crippen LogP contribution in [0.4, 0.5) is 0 Å². The molecule has 0 aromatic heterocycles. The van der Waals surface area contributed by atoms with Crippen molar-refractivity contribution in [3.63, 3.8) is 0 Å². The van der Waals surface area contributed by atoms with Gasteiger partial charge in [-0.15, -0.1) is 10.2 Å². The summed E-state index contributed by atoms with van der Waals surface area (Å²) < 4.78 is 5.34. The first-order chi connectivity index (χ1) is 13.3. The Bertz CT molecular complexity index is 1110. The SMILES string of the molecule is O=C1OC(c2ccccc2)=C/C1=N\N=C1c2ccccc2-c2ccccc21. The Kier molecular flexibility index (Phi) is 3.54. The average Bonchev–Trinajstić information content (AvgIpc) is 3.25. The number of hydrogen-bond acceptors (Lipinski definition) is 4. The third-order valence-corrected chi connectivity index (χ3v) is 4.65. The van der Waals surface area contributed by atoms with Crippen LogP contribution in [-0.4, -0.2) is 17.4 Å². The van der Waals surface area contributed by atoms with Gasteiger partial charge in [0.15, 0.2) is 5.71 Å². The van der Waals surface area contributed by atoms with Gasteiger partial charge in [-0.2, -0.15) is 0 Å². The molecule has 5 rings (SSSR count). The summed E-state index contributed by atoms with van der Waals surface area (Å²) in [7, 11) is 0. The molecule has 1 heterocycles. The third-order valence-electron chi connectivity index (χ3n) is 4.65. The van der Waals surface area contributed by atoms with Gasteiger partial charge >= 0.3 is 5.97 Å². The second-order valence-corrected chi connectivity index (χ2v) is 6.29. The predicted octanol–water partition coefficient (Wildman–Crippen LogP) is 4.46. The third kappa shape index (κ3) is 2.59. The molecule has 0 saturated carbocycles. The Labute approximate surface area is 156 Å². The van der Waals surface area contributed by atoms with Gasteiger partial charge in [-0.1, -0.05) is 78.9 Å². The molecule has 0 bridgehead atoms. The van der Waals surface area contributed by atoms with E-state index in [0.29, 0.717) is 5.76 Å². The number of hydrogen-bond donors (Lipinski definition) is 0. The normalized spacial score (nSPS) is 16.0. The average molecular weight is 350 g/mol. The van der Waals surface area contributed by atoms with Crippen molar-refractivity contribution >= 4 is 23.2 Å². The van der Waals surface area contributed by atoms with E-state index in [1.54, 1.807) is 6.08 Å². The fourth-order valence-electron chi connectivity index (χ4n) is 3.38. The Hall–Kier alpha value is -3.79. The first-order valence-electron chi connectivity index (χ1n) is 8.65. The van der Waals surface area contributed by atoms with Gasteiger partial charge in [0.05, 0.1) is 0 Å². The van der Waals surface area contributed by atoms with Crippen molar-refractivity contribution in [2.45, 2.75) is 0 Å². The molecular weight excluding hydrogens is 336 g/mol. The van der Waals surface area contributed by atoms with Gasteiger partial charge in [0.25, 0.3) is 0 Å². The maximum atomic E-state index is 12.2. The van der Waals surface area contributed by atoms with Crippen LogP contribution in [0, 0.1) is 0 Å². The van der Waals surface area contributed by atoms with Crippen LogP contribution in [0.15, 0.2) is 95.1 Å². The van der Waals surface area contributed by atoms with Crippen LogP contribution >= 0.6 is 0 Å². The molecule has 0 fully saturated rings. The highest BCUT2D eigenvalue weighted by Crippen LogP contribution is 2.36. The molecule has 0 unspecified atom stereocenters. The van der Waals surface area contributed by atoms with Gasteiger partial charge in [0.1, 0.15) is 11.5 Å². The fraction of sp³-hybridized carbons (Fsp3) is 0. The van der Waals surface area contributed by atoms with Crippen LogP contribution < -0.4 is 0 Å². The number of ether oxygens (including phenoxy) is 1. The van der Waals surface area contributed by atoms with E-state index in [1.165, 1.54) is 0 Å². The highest BCUT2D eigenvalue weighted by atomic mass is 16.5. The molecule has 4 nitrogen and oxygen atoms in total. The van der Waals surface area contributed by atoms with Crippen LogP contribution in [0.25, 0.3) is 16.9 Å². The zero-order chi connectivity index (χ0) is 18.2. The lowest BCUT2D eigenvalue weighted by molar-refractivity contribution is -0.128. The summed E-state index contributed by atoms with van der Waals surface area (Å²) in [6.45, 7) is 0. The Morgan fingerprint density at radius 3 is 1.81 bits per heavy atom. The monoisotopic (exact) mass is 350 g/mol. The number of carbonyl (C=O) groups is 1. The number of carbonyl (C=O) groups excluding carboxylic acids is 1. The van der Waals surface area contributed by atoms with Crippen molar-refractivity contribution < 1.29 is 9.53 Å². The minimum Gasteiger partial charge on any atom is -0.421 e. The Morgan fingerprint density at radius 1 is 0.630 bits per heavy atom. The van der Waals surface area contributed by atoms with Crippen LogP contribution in [0.2, 0.25) is 0 Å². The van der Waals surface area contributed by atoms with Gasteiger partial charge in [-0.25, -0.2) is 4.79 Å². The molecule has 0 spiro atoms. The summed E-state index contributed by atoms with van der Waals surface area (Å²) in [6, 6.07) is 25.6. The van der Waals surface area contributed by atoms with E-state index in [2.05, 4.69) is 22.3 Å². The van der Waals surface area contributed by atoms with E-state index in [-0.39, 0.29) is 5.71 Å². The Morgan fingerprint density at radius 2 is 1.19 bits per heavy atom. The van der Waals surface area contributed by atoms with E-state index in [1.807, 2.05) is 66.7 Å². The number of rotatable bonds is 2. The Balaban J connectivity index is 1.58. The van der Waals surface area contributed by atoms with Crippen LogP contribution in [-0.2, 0) is 9.53 Å². The zero-order valence-corrected chi connectivity index (χ0v) is 14.3. The van der Waals surface area contributed by atoms with Gasteiger partial charge in [0.2, 0.25) is 0 Å². The molecule has 0 radical (unpaired) electrons. The number of nitrogens with zero attached hydrogens (tertiary/aromatic N) is 2. The molecule has 0 saturated heterocycles. The summed E-state index contributed by atoms with van der Waals surface area (Å²) in [5.74, 6) is 0.00421. The first-order valence-corrected chi connectivity index (χ1v) is 8.65. The molecule has 0 amide bonds. The summed E-state index contributed by atoms with van der Waals surface area (Å²) in [6.07, 6.45) is 1.63. The van der Waals surface area contributed by atoms with Crippen molar-refractivity contribution in [2.75, 3.05) is 0 Å². The van der Waals surface area contributed by atoms with Crippen molar-refractivity contribution in [1.82, 2.24) is 0 Å². The lowest BCUT2D eigenvalue weighted by Gasteiger charge is -1.99. The number of fused-ring (bicyclic) bond motifs is 3. The second kappa shape index (κ2) is 6.18. The van der Waals surface area contributed by atoms with E-state index in [9.17, 15) is 4.79 Å². The molecule has 0 N–H and O–H groups in total. The van der Waals surface area contributed by atoms with Crippen molar-refractivity contribution in [1.29, 1.82) is 0 Å². The van der Waals surface area contributed by atoms with Crippen LogP contribution in [0.5, 0.6) is 0 Å². The number of benzene rings is 3. The molecule has 1 aliphatic carbocycles. The fourth-order valence-corrected chi connectivity index (χ4v) is 3.38. The minimum atomic E-state index is -0.488. The summed E-state index contributed by atoms with van der Waals surface area (Å²) >= 11 is 0. The second-order valence-electron chi connectivity index (χ2n) is 6.29. The number of cyclic esters (lactones) is 1. The van der Waals surface area contributed by atoms with Gasteiger partial charge < -0.3 is 4.74 Å². The maximum absolute atomic E-state index is 12.2. The highest BCUT2D eigenvalue weighted by molar-refractivity contribution is 6.45. The van der Waals surface area contributed by atoms with Crippen LogP contribution in [0.1, 0.15) is 16.7 Å². The maximum Gasteiger partial charge on any atom is 0.364 e. The molecule has 2 aliphatic rings. The molecule has 27 heavy (non-hydrogen) atoms. The summed E-state index contributed by atoms with van der Waals surface area (Å²) in [5, 5.41) is 8.64. The van der Waals surface area contributed by atoms with Gasteiger partial charge in [0, 0.05) is 22.8 Å². The lowest BCUT2D eigenvalue weighted by atomic mass is 10.1. The minimum absolute atomic E-state index is 0.197. The topological polar surface area (TPSA) is 51.0 Å². The quantitative estimate of drug-likeness (QED) is 0.396. The molecule has 3 aromatic rings. The van der Waals surface area contributed by atoms with Crippen LogP contribution in [0.3, 0.4) is 0 Å². The van der Waals surface area contributed by atoms with Gasteiger partial charge in [-0.05, 0) is 11.1 Å². The van der Waals surface area contributed by atoms with Crippen molar-refractivity contribution in [3.8, 4) is 11.1 Å². The molecule has 128 valence electrons. The van der Waals surface area contributed by atoms with Crippen molar-refractivity contribution in [3.05, 3.63) is 102 Å². The molecule has 1 aliphatic heterocycles. The zero-order valence-electron chi connectivity index (χ0n) is 14.3. The largest absolute Gasteiger partial charge is 0.421 e. The summed E-state index contributed by atoms with van der Waals surface area (Å²) in [5.41, 5.74) is 6.08. The van der Waals surface area contributed by atoms with E-state index < -0.39 is 5.97 Å². The van der Waals surface area contributed by atoms with Gasteiger partial charge in [-0.3, -0.25) is 0 Å². The molecule has 4 heteroatoms.